The number of nitrogens with zero attached hydrogens (tertiary/aromatic N) is 2. The molecule has 1 saturated carbocycles. The second-order valence-electron chi connectivity index (χ2n) is 8.88. The number of benzene rings is 1. The second-order valence-corrected chi connectivity index (χ2v) is 9.80. The molecule has 5 amide bonds. The van der Waals surface area contributed by atoms with E-state index in [4.69, 9.17) is 0 Å². The lowest BCUT2D eigenvalue weighted by Crippen LogP contribution is -2.53. The number of urea groups is 1. The Balaban J connectivity index is 1.32. The van der Waals surface area contributed by atoms with Crippen LogP contribution in [0.15, 0.2) is 28.7 Å². The summed E-state index contributed by atoms with van der Waals surface area (Å²) in [5.74, 6) is -0.586. The van der Waals surface area contributed by atoms with Crippen LogP contribution in [0, 0.1) is 11.8 Å². The van der Waals surface area contributed by atoms with E-state index in [9.17, 15) is 19.2 Å². The molecule has 31 heavy (non-hydrogen) atoms. The number of rotatable bonds is 3. The SMILES string of the molecule is CC1CCC2(CC1)NC(=O)N(NC(=O)C1CCN(C(=O)c3ccc(Br)cc3)CC1)C2=O. The van der Waals surface area contributed by atoms with Crippen LogP contribution in [0.2, 0.25) is 0 Å². The van der Waals surface area contributed by atoms with E-state index in [1.807, 2.05) is 12.1 Å². The molecule has 0 aromatic heterocycles. The number of piperidine rings is 1. The summed E-state index contributed by atoms with van der Waals surface area (Å²) in [7, 11) is 0. The van der Waals surface area contributed by atoms with Gasteiger partial charge in [0.1, 0.15) is 5.54 Å². The van der Waals surface area contributed by atoms with Crippen molar-refractivity contribution in [1.29, 1.82) is 0 Å². The van der Waals surface area contributed by atoms with Crippen molar-refractivity contribution in [1.82, 2.24) is 20.7 Å². The maximum absolute atomic E-state index is 12.9. The van der Waals surface area contributed by atoms with Gasteiger partial charge in [0.2, 0.25) is 5.91 Å². The number of carbonyl (C=O) groups is 4. The van der Waals surface area contributed by atoms with E-state index in [2.05, 4.69) is 33.6 Å². The molecular formula is C22H27BrN4O4. The van der Waals surface area contributed by atoms with E-state index in [-0.39, 0.29) is 23.6 Å². The quantitative estimate of drug-likeness (QED) is 0.636. The van der Waals surface area contributed by atoms with Crippen molar-refractivity contribution in [3.63, 3.8) is 0 Å². The topological polar surface area (TPSA) is 98.8 Å². The third-order valence-corrected chi connectivity index (χ3v) is 7.28. The Morgan fingerprint density at radius 3 is 2.29 bits per heavy atom. The minimum Gasteiger partial charge on any atom is -0.339 e. The van der Waals surface area contributed by atoms with Crippen LogP contribution in [-0.2, 0) is 9.59 Å². The Labute approximate surface area is 189 Å². The fourth-order valence-electron chi connectivity index (χ4n) is 4.64. The molecule has 2 N–H and O–H groups in total. The number of hydrazine groups is 1. The molecule has 9 heteroatoms. The summed E-state index contributed by atoms with van der Waals surface area (Å²) < 4.78 is 0.907. The van der Waals surface area contributed by atoms with Crippen LogP contribution in [0.1, 0.15) is 55.8 Å². The third kappa shape index (κ3) is 4.33. The Kier molecular flexibility index (Phi) is 6.05. The first-order chi connectivity index (χ1) is 14.8. The first kappa shape index (κ1) is 21.8. The van der Waals surface area contributed by atoms with Gasteiger partial charge in [0.15, 0.2) is 0 Å². The van der Waals surface area contributed by atoms with Gasteiger partial charge < -0.3 is 10.2 Å². The summed E-state index contributed by atoms with van der Waals surface area (Å²) in [6.07, 6.45) is 3.92. The zero-order valence-corrected chi connectivity index (χ0v) is 19.1. The van der Waals surface area contributed by atoms with Crippen LogP contribution >= 0.6 is 15.9 Å². The van der Waals surface area contributed by atoms with E-state index in [1.54, 1.807) is 17.0 Å². The number of amides is 5. The van der Waals surface area contributed by atoms with Crippen molar-refractivity contribution < 1.29 is 19.2 Å². The van der Waals surface area contributed by atoms with E-state index in [1.165, 1.54) is 0 Å². The molecule has 2 aliphatic heterocycles. The van der Waals surface area contributed by atoms with Crippen LogP contribution in [0.25, 0.3) is 0 Å². The molecule has 0 unspecified atom stereocenters. The highest BCUT2D eigenvalue weighted by atomic mass is 79.9. The van der Waals surface area contributed by atoms with Crippen molar-refractivity contribution >= 4 is 39.7 Å². The van der Waals surface area contributed by atoms with Gasteiger partial charge in [-0.1, -0.05) is 22.9 Å². The highest BCUT2D eigenvalue weighted by Gasteiger charge is 2.53. The third-order valence-electron chi connectivity index (χ3n) is 6.76. The van der Waals surface area contributed by atoms with Gasteiger partial charge in [-0.25, -0.2) is 4.79 Å². The standard InChI is InChI=1S/C22H27BrN4O4/c1-14-6-10-22(11-7-14)20(30)27(21(31)24-22)25-18(28)15-8-12-26(13-9-15)19(29)16-2-4-17(23)5-3-16/h2-5,14-15H,6-13H2,1H3,(H,24,31)(H,25,28). The molecule has 0 radical (unpaired) electrons. The van der Waals surface area contributed by atoms with Gasteiger partial charge in [0.25, 0.3) is 11.8 Å². The van der Waals surface area contributed by atoms with E-state index < -0.39 is 11.6 Å². The maximum atomic E-state index is 12.9. The summed E-state index contributed by atoms with van der Waals surface area (Å²) in [5.41, 5.74) is 2.27. The van der Waals surface area contributed by atoms with Crippen LogP contribution < -0.4 is 10.7 Å². The van der Waals surface area contributed by atoms with Crippen LogP contribution in [0.5, 0.6) is 0 Å². The molecule has 0 atom stereocenters. The first-order valence-electron chi connectivity index (χ1n) is 10.8. The molecule has 4 rings (SSSR count). The van der Waals surface area contributed by atoms with Crippen LogP contribution in [0.3, 0.4) is 0 Å². The highest BCUT2D eigenvalue weighted by molar-refractivity contribution is 9.10. The molecule has 3 aliphatic rings. The predicted octanol–water partition coefficient (Wildman–Crippen LogP) is 2.83. The summed E-state index contributed by atoms with van der Waals surface area (Å²) in [6, 6.07) is 6.63. The normalized spacial score (nSPS) is 26.8. The number of hydrogen-bond acceptors (Lipinski definition) is 4. The van der Waals surface area contributed by atoms with Gasteiger partial charge in [-0.2, -0.15) is 5.01 Å². The predicted molar refractivity (Wildman–Crippen MR) is 117 cm³/mol. The number of nitrogens with one attached hydrogen (secondary N) is 2. The molecule has 2 saturated heterocycles. The van der Waals surface area contributed by atoms with Crippen molar-refractivity contribution in [2.75, 3.05) is 13.1 Å². The van der Waals surface area contributed by atoms with Gasteiger partial charge in [-0.15, -0.1) is 0 Å². The van der Waals surface area contributed by atoms with Gasteiger partial charge in [-0.3, -0.25) is 19.8 Å². The van der Waals surface area contributed by atoms with Gasteiger partial charge in [0, 0.05) is 29.0 Å². The number of halogens is 1. The van der Waals surface area contributed by atoms with Gasteiger partial charge in [0.05, 0.1) is 0 Å². The van der Waals surface area contributed by atoms with E-state index in [0.29, 0.717) is 50.3 Å². The van der Waals surface area contributed by atoms with Gasteiger partial charge in [-0.05, 0) is 68.7 Å². The number of hydrogen-bond donors (Lipinski definition) is 2. The smallest absolute Gasteiger partial charge is 0.339 e. The Morgan fingerprint density at radius 1 is 1.06 bits per heavy atom. The summed E-state index contributed by atoms with van der Waals surface area (Å²) in [4.78, 5) is 52.5. The minimum absolute atomic E-state index is 0.0612. The second kappa shape index (κ2) is 8.61. The molecule has 8 nitrogen and oxygen atoms in total. The monoisotopic (exact) mass is 490 g/mol. The molecule has 1 aliphatic carbocycles. The molecule has 1 spiro atoms. The zero-order valence-electron chi connectivity index (χ0n) is 17.5. The Hall–Kier alpha value is -2.42. The Bertz CT molecular complexity index is 887. The number of likely N-dealkylation sites (tertiary alicyclic amines) is 1. The highest BCUT2D eigenvalue weighted by Crippen LogP contribution is 2.36. The van der Waals surface area contributed by atoms with Crippen molar-refractivity contribution in [2.24, 2.45) is 11.8 Å². The summed E-state index contributed by atoms with van der Waals surface area (Å²) in [6.45, 7) is 3.05. The van der Waals surface area contributed by atoms with Gasteiger partial charge >= 0.3 is 6.03 Å². The van der Waals surface area contributed by atoms with Crippen LogP contribution in [0.4, 0.5) is 4.79 Å². The maximum Gasteiger partial charge on any atom is 0.344 e. The molecular weight excluding hydrogens is 464 g/mol. The molecule has 1 aromatic rings. The average molecular weight is 491 g/mol. The lowest BCUT2D eigenvalue weighted by Gasteiger charge is -2.34. The summed E-state index contributed by atoms with van der Waals surface area (Å²) >= 11 is 3.36. The van der Waals surface area contributed by atoms with Crippen molar-refractivity contribution in [2.45, 2.75) is 51.0 Å². The minimum atomic E-state index is -0.878. The summed E-state index contributed by atoms with van der Waals surface area (Å²) in [5, 5.41) is 3.67. The average Bonchev–Trinajstić information content (AvgIpc) is 3.00. The van der Waals surface area contributed by atoms with E-state index in [0.717, 1.165) is 22.3 Å². The Morgan fingerprint density at radius 2 is 1.68 bits per heavy atom. The lowest BCUT2D eigenvalue weighted by atomic mass is 9.77. The number of carbonyl (C=O) groups excluding carboxylic acids is 4. The fraction of sp³-hybridized carbons (Fsp3) is 0.545. The largest absolute Gasteiger partial charge is 0.344 e. The lowest BCUT2D eigenvalue weighted by molar-refractivity contribution is -0.142. The van der Waals surface area contributed by atoms with Crippen molar-refractivity contribution in [3.8, 4) is 0 Å². The molecule has 1 aromatic carbocycles. The van der Waals surface area contributed by atoms with Crippen LogP contribution in [-0.4, -0.2) is 52.3 Å². The van der Waals surface area contributed by atoms with Crippen molar-refractivity contribution in [3.05, 3.63) is 34.3 Å². The molecule has 2 heterocycles. The fourth-order valence-corrected chi connectivity index (χ4v) is 4.90. The molecule has 3 fully saturated rings. The number of imide groups is 1. The zero-order chi connectivity index (χ0) is 22.2. The molecule has 0 bridgehead atoms. The molecule has 166 valence electrons. The first-order valence-corrected chi connectivity index (χ1v) is 11.6. The van der Waals surface area contributed by atoms with E-state index >= 15 is 0 Å².